The number of piperazine rings is 1. The maximum Gasteiger partial charge on any atom is 0.522 e. The van der Waals surface area contributed by atoms with Crippen molar-refractivity contribution in [3.63, 3.8) is 0 Å². The summed E-state index contributed by atoms with van der Waals surface area (Å²) in [7, 11) is -1.11. The number of benzene rings is 2. The largest absolute Gasteiger partial charge is 0.535 e. The summed E-state index contributed by atoms with van der Waals surface area (Å²) in [5.41, 5.74) is 0.950. The van der Waals surface area contributed by atoms with Crippen molar-refractivity contribution in [1.29, 1.82) is 0 Å². The van der Waals surface area contributed by atoms with E-state index >= 15 is 0 Å². The molecule has 0 bridgehead atoms. The minimum absolute atomic E-state index is 0.00695. The Morgan fingerprint density at radius 3 is 2.51 bits per heavy atom. The van der Waals surface area contributed by atoms with Gasteiger partial charge in [0.2, 0.25) is 5.91 Å². The van der Waals surface area contributed by atoms with E-state index in [1.54, 1.807) is 43.3 Å². The summed E-state index contributed by atoms with van der Waals surface area (Å²) in [5, 5.41) is 22.3. The molecule has 2 aromatic carbocycles. The van der Waals surface area contributed by atoms with Gasteiger partial charge in [-0.15, -0.1) is 0 Å². The minimum atomic E-state index is -1.27. The number of carboxylic acid groups (broad SMARTS) is 1. The summed E-state index contributed by atoms with van der Waals surface area (Å²) >= 11 is 0. The normalized spacial score (nSPS) is 17.8. The maximum atomic E-state index is 13.5. The zero-order valence-electron chi connectivity index (χ0n) is 22.3. The Balaban J connectivity index is 1.28. The third-order valence-corrected chi connectivity index (χ3v) is 7.37. The van der Waals surface area contributed by atoms with E-state index in [1.807, 2.05) is 0 Å². The lowest BCUT2D eigenvalue weighted by Gasteiger charge is -2.41. The predicted octanol–water partition coefficient (Wildman–Crippen LogP) is 0.531. The van der Waals surface area contributed by atoms with Gasteiger partial charge in [0.25, 0.3) is 0 Å². The third-order valence-electron chi connectivity index (χ3n) is 7.37. The molecule has 2 aromatic rings. The first-order chi connectivity index (χ1) is 19.7. The molecule has 2 saturated heterocycles. The number of fused-ring (bicyclic) bond motifs is 1. The minimum Gasteiger partial charge on any atom is -0.535 e. The molecule has 0 spiro atoms. The van der Waals surface area contributed by atoms with Crippen molar-refractivity contribution in [2.75, 3.05) is 32.7 Å². The molecule has 3 heterocycles. The van der Waals surface area contributed by atoms with Crippen LogP contribution in [0.5, 0.6) is 11.5 Å². The number of ether oxygens (including phenoxy) is 1. The van der Waals surface area contributed by atoms with Crippen LogP contribution in [0.4, 0.5) is 4.79 Å². The number of likely N-dealkylation sites (N-methyl/N-ethyl adjacent to an activating group) is 1. The molecular weight excluding hydrogens is 535 g/mol. The number of carbonyl (C=O) groups is 5. The van der Waals surface area contributed by atoms with Crippen LogP contribution in [0.15, 0.2) is 42.5 Å². The third kappa shape index (κ3) is 5.55. The Bertz CT molecular complexity index is 1380. The van der Waals surface area contributed by atoms with Gasteiger partial charge in [0.15, 0.2) is 0 Å². The van der Waals surface area contributed by atoms with Crippen LogP contribution in [-0.4, -0.2) is 100 Å². The summed E-state index contributed by atoms with van der Waals surface area (Å²) in [5.74, 6) is -3.32. The van der Waals surface area contributed by atoms with Crippen LogP contribution in [0.3, 0.4) is 0 Å². The van der Waals surface area contributed by atoms with E-state index in [1.165, 1.54) is 15.9 Å². The zero-order valence-corrected chi connectivity index (χ0v) is 22.3. The first kappa shape index (κ1) is 28.0. The summed E-state index contributed by atoms with van der Waals surface area (Å²) < 4.78 is 11.3. The second kappa shape index (κ2) is 11.5. The number of hydrogen-bond donors (Lipinski definition) is 3. The Labute approximate surface area is 235 Å². The van der Waals surface area contributed by atoms with E-state index in [4.69, 9.17) is 9.39 Å². The van der Waals surface area contributed by atoms with Gasteiger partial charge in [-0.1, -0.05) is 36.4 Å². The molecule has 1 unspecified atom stereocenters. The number of nitrogens with one attached hydrogen (secondary N) is 1. The van der Waals surface area contributed by atoms with Crippen molar-refractivity contribution < 1.29 is 43.5 Å². The second-order valence-corrected chi connectivity index (χ2v) is 9.96. The first-order valence-electron chi connectivity index (χ1n) is 13.3. The number of imide groups is 1. The highest BCUT2D eigenvalue weighted by atomic mass is 16.5. The molecule has 3 aliphatic rings. The fourth-order valence-corrected chi connectivity index (χ4v) is 5.07. The average Bonchev–Trinajstić information content (AvgIpc) is 2.94. The number of hydrogen-bond acceptors (Lipinski definition) is 8. The molecule has 0 aliphatic carbocycles. The SMILES string of the molecule is CCN1CCN(C(=O)NC(C(=O)N2CC(Oc3ccc4c(c3C(=O)O)OB(O)CC4)C2)c2ccccc2)C(=O)C1=O. The molecule has 13 nitrogen and oxygen atoms in total. The fourth-order valence-electron chi connectivity index (χ4n) is 5.07. The van der Waals surface area contributed by atoms with Crippen molar-refractivity contribution >= 4 is 36.8 Å². The van der Waals surface area contributed by atoms with Crippen LogP contribution in [0, 0.1) is 0 Å². The first-order valence-corrected chi connectivity index (χ1v) is 13.3. The van der Waals surface area contributed by atoms with Crippen molar-refractivity contribution in [3.05, 3.63) is 59.2 Å². The van der Waals surface area contributed by atoms with E-state index in [2.05, 4.69) is 5.32 Å². The number of rotatable bonds is 7. The number of urea groups is 1. The molecule has 41 heavy (non-hydrogen) atoms. The van der Waals surface area contributed by atoms with Crippen molar-refractivity contribution in [3.8, 4) is 11.5 Å². The van der Waals surface area contributed by atoms with E-state index in [9.17, 15) is 34.1 Å². The van der Waals surface area contributed by atoms with Crippen molar-refractivity contribution in [2.45, 2.75) is 31.8 Å². The number of amides is 5. The van der Waals surface area contributed by atoms with Gasteiger partial charge >= 0.3 is 30.9 Å². The van der Waals surface area contributed by atoms with Crippen LogP contribution in [0.2, 0.25) is 6.32 Å². The van der Waals surface area contributed by atoms with Gasteiger partial charge in [-0.2, -0.15) is 0 Å². The Hall–Kier alpha value is -4.59. The second-order valence-electron chi connectivity index (χ2n) is 9.96. The monoisotopic (exact) mass is 564 g/mol. The molecule has 5 rings (SSSR count). The van der Waals surface area contributed by atoms with Crippen LogP contribution in [0.1, 0.15) is 34.5 Å². The number of aromatic carboxylic acids is 1. The van der Waals surface area contributed by atoms with Gasteiger partial charge in [-0.05, 0) is 36.9 Å². The lowest BCUT2D eigenvalue weighted by atomic mass is 9.78. The fraction of sp³-hybridized carbons (Fsp3) is 0.370. The number of likely N-dealkylation sites (tertiary alicyclic amines) is 1. The molecule has 0 aromatic heterocycles. The number of aryl methyl sites for hydroxylation is 1. The quantitative estimate of drug-likeness (QED) is 0.321. The standard InChI is InChI=1S/C27H29BN4O9/c1-2-30-12-13-32(25(35)24(30)34)27(38)29-21(16-6-4-3-5-7-16)23(33)31-14-18(15-31)40-19-9-8-17-10-11-28(39)41-22(17)20(19)26(36)37/h3-9,18,21,39H,2,10-15H2,1H3,(H,29,38)(H,36,37). The van der Waals surface area contributed by atoms with E-state index in [0.717, 1.165) is 4.90 Å². The Kier molecular flexibility index (Phi) is 7.84. The zero-order chi connectivity index (χ0) is 29.3. The summed E-state index contributed by atoms with van der Waals surface area (Å²) in [6.45, 7) is 2.52. The Morgan fingerprint density at radius 2 is 1.83 bits per heavy atom. The van der Waals surface area contributed by atoms with E-state index < -0.39 is 49.0 Å². The average molecular weight is 564 g/mol. The highest BCUT2D eigenvalue weighted by Gasteiger charge is 2.41. The van der Waals surface area contributed by atoms with E-state index in [-0.39, 0.29) is 43.2 Å². The number of carbonyl (C=O) groups excluding carboxylic acids is 4. The molecule has 5 amide bonds. The van der Waals surface area contributed by atoms with Crippen molar-refractivity contribution in [1.82, 2.24) is 20.0 Å². The molecule has 0 radical (unpaired) electrons. The summed E-state index contributed by atoms with van der Waals surface area (Å²) in [6, 6.07) is 9.76. The predicted molar refractivity (Wildman–Crippen MR) is 143 cm³/mol. The van der Waals surface area contributed by atoms with Crippen molar-refractivity contribution in [2.24, 2.45) is 0 Å². The van der Waals surface area contributed by atoms with Gasteiger partial charge in [0, 0.05) is 19.6 Å². The molecule has 14 heteroatoms. The summed E-state index contributed by atoms with van der Waals surface area (Å²) in [4.78, 5) is 67.0. The lowest BCUT2D eigenvalue weighted by molar-refractivity contribution is -0.153. The lowest BCUT2D eigenvalue weighted by Crippen LogP contribution is -2.61. The van der Waals surface area contributed by atoms with Crippen LogP contribution < -0.4 is 14.7 Å². The maximum absolute atomic E-state index is 13.5. The van der Waals surface area contributed by atoms with Gasteiger partial charge in [0.1, 0.15) is 29.2 Å². The van der Waals surface area contributed by atoms with Crippen LogP contribution in [-0.2, 0) is 20.8 Å². The molecule has 2 fully saturated rings. The molecule has 3 aliphatic heterocycles. The van der Waals surface area contributed by atoms with Gasteiger partial charge in [-0.25, -0.2) is 9.59 Å². The molecular formula is C27H29BN4O9. The molecule has 0 saturated carbocycles. The highest BCUT2D eigenvalue weighted by molar-refractivity contribution is 6.44. The van der Waals surface area contributed by atoms with E-state index in [0.29, 0.717) is 30.4 Å². The Morgan fingerprint density at radius 1 is 1.10 bits per heavy atom. The van der Waals surface area contributed by atoms with Crippen LogP contribution in [0.25, 0.3) is 0 Å². The molecule has 3 N–H and O–H groups in total. The summed E-state index contributed by atoms with van der Waals surface area (Å²) in [6.07, 6.45) is 0.283. The number of carboxylic acids is 1. The van der Waals surface area contributed by atoms with Gasteiger partial charge < -0.3 is 34.6 Å². The van der Waals surface area contributed by atoms with Gasteiger partial charge in [-0.3, -0.25) is 19.3 Å². The van der Waals surface area contributed by atoms with Gasteiger partial charge in [0.05, 0.1) is 13.1 Å². The number of nitrogens with zero attached hydrogens (tertiary/aromatic N) is 3. The highest BCUT2D eigenvalue weighted by Crippen LogP contribution is 2.37. The smallest absolute Gasteiger partial charge is 0.522 e. The molecule has 1 atom stereocenters. The van der Waals surface area contributed by atoms with Crippen LogP contribution >= 0.6 is 0 Å². The molecule has 214 valence electrons. The topological polar surface area (TPSA) is 166 Å².